The highest BCUT2D eigenvalue weighted by molar-refractivity contribution is 6.29. The predicted octanol–water partition coefficient (Wildman–Crippen LogP) is 14.9. The minimum atomic E-state index is 0.896. The average molecular weight is 673 g/mol. The Morgan fingerprint density at radius 2 is 0.792 bits per heavy atom. The monoisotopic (exact) mass is 672 g/mol. The fourth-order valence-corrected chi connectivity index (χ4v) is 8.64. The summed E-state index contributed by atoms with van der Waals surface area (Å²) < 4.78 is 6.83. The van der Waals surface area contributed by atoms with Crippen molar-refractivity contribution in [2.75, 3.05) is 0 Å². The molecule has 1 heterocycles. The van der Waals surface area contributed by atoms with Crippen LogP contribution in [0, 0.1) is 0 Å². The van der Waals surface area contributed by atoms with E-state index in [0.29, 0.717) is 0 Å². The topological polar surface area (TPSA) is 13.1 Å². The fourth-order valence-electron chi connectivity index (χ4n) is 8.64. The normalized spacial score (nSPS) is 11.8. The maximum absolute atomic E-state index is 6.83. The van der Waals surface area contributed by atoms with E-state index >= 15 is 0 Å². The van der Waals surface area contributed by atoms with Crippen molar-refractivity contribution in [2.24, 2.45) is 0 Å². The van der Waals surface area contributed by atoms with Crippen molar-refractivity contribution >= 4 is 65.0 Å². The lowest BCUT2D eigenvalue weighted by atomic mass is 9.83. The zero-order valence-electron chi connectivity index (χ0n) is 28.9. The molecule has 11 aromatic rings. The smallest absolute Gasteiger partial charge is 0.143 e. The van der Waals surface area contributed by atoms with Crippen LogP contribution in [0.3, 0.4) is 0 Å². The van der Waals surface area contributed by atoms with E-state index in [1.807, 2.05) is 0 Å². The van der Waals surface area contributed by atoms with E-state index < -0.39 is 0 Å². The number of benzene rings is 10. The standard InChI is InChI=1S/C52H32O/c1-3-14-33(15-4-1)35-26-28-39-37(30-35)19-13-25-41(39)49-42-21-9-11-23-44(42)50(45-24-12-10-22-43(45)49)47-32-38-18-7-8-20-40(38)52-51(47)46-31-36(27-29-48(46)53-52)34-16-5-2-6-17-34/h1-32H. The first-order valence-corrected chi connectivity index (χ1v) is 18.3. The summed E-state index contributed by atoms with van der Waals surface area (Å²) in [6.45, 7) is 0. The zero-order chi connectivity index (χ0) is 34.9. The summed E-state index contributed by atoms with van der Waals surface area (Å²) in [4.78, 5) is 0. The zero-order valence-corrected chi connectivity index (χ0v) is 28.9. The Hall–Kier alpha value is -6.96. The summed E-state index contributed by atoms with van der Waals surface area (Å²) in [6.07, 6.45) is 0. The molecule has 1 nitrogen and oxygen atoms in total. The Balaban J connectivity index is 1.24. The summed E-state index contributed by atoms with van der Waals surface area (Å²) in [5.74, 6) is 0. The van der Waals surface area contributed by atoms with Crippen LogP contribution >= 0.6 is 0 Å². The molecule has 246 valence electrons. The van der Waals surface area contributed by atoms with E-state index in [1.165, 1.54) is 76.8 Å². The molecule has 0 aliphatic rings. The number of fused-ring (bicyclic) bond motifs is 8. The van der Waals surface area contributed by atoms with Crippen LogP contribution in [0.1, 0.15) is 0 Å². The molecule has 11 rings (SSSR count). The highest BCUT2D eigenvalue weighted by Gasteiger charge is 2.23. The minimum Gasteiger partial charge on any atom is -0.455 e. The summed E-state index contributed by atoms with van der Waals surface area (Å²) in [6, 6.07) is 70.5. The number of rotatable bonds is 4. The van der Waals surface area contributed by atoms with E-state index in [2.05, 4.69) is 194 Å². The van der Waals surface area contributed by atoms with Crippen molar-refractivity contribution in [3.8, 4) is 44.5 Å². The minimum absolute atomic E-state index is 0.896. The molecule has 0 aliphatic carbocycles. The lowest BCUT2D eigenvalue weighted by Crippen LogP contribution is -1.92. The molecule has 1 heteroatoms. The first-order chi connectivity index (χ1) is 26.3. The van der Waals surface area contributed by atoms with Crippen LogP contribution in [0.4, 0.5) is 0 Å². The molecule has 0 unspecified atom stereocenters. The molecule has 0 amide bonds. The average Bonchev–Trinajstić information content (AvgIpc) is 3.62. The Morgan fingerprint density at radius 3 is 1.45 bits per heavy atom. The van der Waals surface area contributed by atoms with Gasteiger partial charge in [0.1, 0.15) is 11.2 Å². The lowest BCUT2D eigenvalue weighted by Gasteiger charge is -2.20. The quantitative estimate of drug-likeness (QED) is 0.170. The predicted molar refractivity (Wildman–Crippen MR) is 225 cm³/mol. The van der Waals surface area contributed by atoms with E-state index in [9.17, 15) is 0 Å². The molecule has 10 aromatic carbocycles. The highest BCUT2D eigenvalue weighted by atomic mass is 16.3. The molecular formula is C52H32O. The van der Waals surface area contributed by atoms with Gasteiger partial charge in [-0.05, 0) is 106 Å². The first kappa shape index (κ1) is 29.7. The molecular weight excluding hydrogens is 641 g/mol. The van der Waals surface area contributed by atoms with E-state index in [0.717, 1.165) is 32.7 Å². The second kappa shape index (κ2) is 11.8. The Morgan fingerprint density at radius 1 is 0.283 bits per heavy atom. The van der Waals surface area contributed by atoms with Gasteiger partial charge in [-0.2, -0.15) is 0 Å². The summed E-state index contributed by atoms with van der Waals surface area (Å²) in [5, 5.41) is 12.0. The molecule has 0 N–H and O–H groups in total. The maximum Gasteiger partial charge on any atom is 0.143 e. The van der Waals surface area contributed by atoms with Gasteiger partial charge in [0.25, 0.3) is 0 Å². The fraction of sp³-hybridized carbons (Fsp3) is 0. The number of furan rings is 1. The van der Waals surface area contributed by atoms with Crippen LogP contribution in [-0.4, -0.2) is 0 Å². The van der Waals surface area contributed by atoms with Crippen LogP contribution in [-0.2, 0) is 0 Å². The van der Waals surface area contributed by atoms with Gasteiger partial charge in [0.2, 0.25) is 0 Å². The van der Waals surface area contributed by atoms with Gasteiger partial charge in [-0.25, -0.2) is 0 Å². The second-order valence-corrected chi connectivity index (χ2v) is 14.0. The third-order valence-electron chi connectivity index (χ3n) is 11.0. The van der Waals surface area contributed by atoms with E-state index in [-0.39, 0.29) is 0 Å². The van der Waals surface area contributed by atoms with Gasteiger partial charge in [-0.3, -0.25) is 0 Å². The molecule has 0 radical (unpaired) electrons. The molecule has 53 heavy (non-hydrogen) atoms. The first-order valence-electron chi connectivity index (χ1n) is 18.3. The SMILES string of the molecule is c1ccc(-c2ccc3c(-c4c5ccccc5c(-c5cc6ccccc6c6oc7ccc(-c8ccccc8)cc7c56)c5ccccc45)cccc3c2)cc1. The van der Waals surface area contributed by atoms with Gasteiger partial charge in [0.15, 0.2) is 0 Å². The molecule has 0 spiro atoms. The molecule has 0 aliphatic heterocycles. The van der Waals surface area contributed by atoms with Crippen LogP contribution < -0.4 is 0 Å². The van der Waals surface area contributed by atoms with Gasteiger partial charge in [-0.1, -0.05) is 170 Å². The molecule has 0 saturated carbocycles. The highest BCUT2D eigenvalue weighted by Crippen LogP contribution is 2.49. The summed E-state index contributed by atoms with van der Waals surface area (Å²) in [5.41, 5.74) is 11.6. The van der Waals surface area contributed by atoms with Crippen molar-refractivity contribution in [1.29, 1.82) is 0 Å². The van der Waals surface area contributed by atoms with Crippen LogP contribution in [0.15, 0.2) is 199 Å². The van der Waals surface area contributed by atoms with Crippen molar-refractivity contribution < 1.29 is 4.42 Å². The third-order valence-corrected chi connectivity index (χ3v) is 11.0. The Kier molecular flexibility index (Phi) is 6.62. The third kappa shape index (κ3) is 4.64. The molecule has 0 fully saturated rings. The maximum atomic E-state index is 6.83. The van der Waals surface area contributed by atoms with Crippen molar-refractivity contribution in [3.63, 3.8) is 0 Å². The van der Waals surface area contributed by atoms with Crippen molar-refractivity contribution in [2.45, 2.75) is 0 Å². The van der Waals surface area contributed by atoms with Gasteiger partial charge >= 0.3 is 0 Å². The molecule has 0 atom stereocenters. The second-order valence-electron chi connectivity index (χ2n) is 14.0. The van der Waals surface area contributed by atoms with Gasteiger partial charge in [0.05, 0.1) is 0 Å². The van der Waals surface area contributed by atoms with Crippen LogP contribution in [0.2, 0.25) is 0 Å². The molecule has 1 aromatic heterocycles. The lowest BCUT2D eigenvalue weighted by molar-refractivity contribution is 0.673. The summed E-state index contributed by atoms with van der Waals surface area (Å²) in [7, 11) is 0. The van der Waals surface area contributed by atoms with E-state index in [4.69, 9.17) is 4.42 Å². The van der Waals surface area contributed by atoms with Gasteiger partial charge in [0, 0.05) is 16.2 Å². The molecule has 0 bridgehead atoms. The largest absolute Gasteiger partial charge is 0.455 e. The Bertz CT molecular complexity index is 3150. The van der Waals surface area contributed by atoms with Crippen LogP contribution in [0.5, 0.6) is 0 Å². The van der Waals surface area contributed by atoms with Crippen molar-refractivity contribution in [1.82, 2.24) is 0 Å². The Labute approximate surface area is 307 Å². The van der Waals surface area contributed by atoms with Crippen molar-refractivity contribution in [3.05, 3.63) is 194 Å². The van der Waals surface area contributed by atoms with Gasteiger partial charge in [-0.15, -0.1) is 0 Å². The molecule has 0 saturated heterocycles. The summed E-state index contributed by atoms with van der Waals surface area (Å²) >= 11 is 0. The van der Waals surface area contributed by atoms with Crippen LogP contribution in [0.25, 0.3) is 110 Å². The van der Waals surface area contributed by atoms with E-state index in [1.54, 1.807) is 0 Å². The van der Waals surface area contributed by atoms with Gasteiger partial charge < -0.3 is 4.42 Å². The number of hydrogen-bond acceptors (Lipinski definition) is 1. The number of hydrogen-bond donors (Lipinski definition) is 0.